The fourth-order valence-electron chi connectivity index (χ4n) is 4.82. The molecular formula is C17H28O2. The molecule has 2 rings (SSSR count). The van der Waals surface area contributed by atoms with Gasteiger partial charge in [-0.25, -0.2) is 0 Å². The number of allylic oxidation sites excluding steroid dienone is 2. The van der Waals surface area contributed by atoms with Crippen molar-refractivity contribution < 1.29 is 9.90 Å². The highest BCUT2D eigenvalue weighted by atomic mass is 16.4. The van der Waals surface area contributed by atoms with Gasteiger partial charge in [0.05, 0.1) is 0 Å². The van der Waals surface area contributed by atoms with E-state index >= 15 is 0 Å². The molecule has 3 unspecified atom stereocenters. The predicted molar refractivity (Wildman–Crippen MR) is 78.0 cm³/mol. The first-order valence-corrected chi connectivity index (χ1v) is 7.65. The van der Waals surface area contributed by atoms with Gasteiger partial charge in [-0.15, -0.1) is 0 Å². The SMILES string of the molecule is CC1=CCC2(CCCC(C)(C)C2CC(=O)O)C(C)C1. The minimum absolute atomic E-state index is 0.157. The molecule has 2 heteroatoms. The van der Waals surface area contributed by atoms with Crippen molar-refractivity contribution in [3.8, 4) is 0 Å². The zero-order valence-corrected chi connectivity index (χ0v) is 12.8. The number of carbonyl (C=O) groups is 1. The standard InChI is InChI=1S/C17H28O2/c1-12-6-9-17(13(2)10-12)8-5-7-16(3,4)14(17)11-15(18)19/h6,13-14H,5,7-11H2,1-4H3,(H,18,19). The molecule has 0 aliphatic heterocycles. The Labute approximate surface area is 117 Å². The molecule has 0 aromatic rings. The smallest absolute Gasteiger partial charge is 0.303 e. The van der Waals surface area contributed by atoms with Crippen molar-refractivity contribution in [1.82, 2.24) is 0 Å². The molecule has 0 aromatic heterocycles. The third kappa shape index (κ3) is 2.59. The van der Waals surface area contributed by atoms with Gasteiger partial charge in [-0.2, -0.15) is 0 Å². The molecule has 0 saturated heterocycles. The lowest BCUT2D eigenvalue weighted by molar-refractivity contribution is -0.145. The van der Waals surface area contributed by atoms with E-state index < -0.39 is 5.97 Å². The van der Waals surface area contributed by atoms with Crippen LogP contribution in [0, 0.1) is 22.7 Å². The number of carboxylic acid groups (broad SMARTS) is 1. The van der Waals surface area contributed by atoms with Gasteiger partial charge in [-0.05, 0) is 55.3 Å². The van der Waals surface area contributed by atoms with Gasteiger partial charge in [0.15, 0.2) is 0 Å². The molecule has 1 spiro atoms. The molecule has 2 nitrogen and oxygen atoms in total. The van der Waals surface area contributed by atoms with E-state index in [2.05, 4.69) is 33.8 Å². The van der Waals surface area contributed by atoms with Crippen LogP contribution in [0.25, 0.3) is 0 Å². The monoisotopic (exact) mass is 264 g/mol. The van der Waals surface area contributed by atoms with Crippen LogP contribution < -0.4 is 0 Å². The minimum Gasteiger partial charge on any atom is -0.481 e. The van der Waals surface area contributed by atoms with E-state index in [9.17, 15) is 9.90 Å². The number of rotatable bonds is 2. The Balaban J connectivity index is 2.37. The van der Waals surface area contributed by atoms with Crippen molar-refractivity contribution in [2.45, 2.75) is 66.2 Å². The summed E-state index contributed by atoms with van der Waals surface area (Å²) in [5.74, 6) is 0.296. The molecule has 2 aliphatic rings. The first-order valence-electron chi connectivity index (χ1n) is 7.65. The van der Waals surface area contributed by atoms with Crippen LogP contribution in [0.5, 0.6) is 0 Å². The third-order valence-corrected chi connectivity index (χ3v) is 5.92. The third-order valence-electron chi connectivity index (χ3n) is 5.92. The Morgan fingerprint density at radius 2 is 2.11 bits per heavy atom. The largest absolute Gasteiger partial charge is 0.481 e. The maximum atomic E-state index is 11.3. The van der Waals surface area contributed by atoms with Crippen LogP contribution in [-0.4, -0.2) is 11.1 Å². The fraction of sp³-hybridized carbons (Fsp3) is 0.824. The first kappa shape index (κ1) is 14.6. The van der Waals surface area contributed by atoms with Gasteiger partial charge < -0.3 is 5.11 Å². The normalized spacial score (nSPS) is 38.0. The zero-order chi connectivity index (χ0) is 14.3. The van der Waals surface area contributed by atoms with Crippen LogP contribution in [0.2, 0.25) is 0 Å². The van der Waals surface area contributed by atoms with E-state index in [0.29, 0.717) is 18.3 Å². The lowest BCUT2D eigenvalue weighted by Crippen LogP contribution is -2.49. The van der Waals surface area contributed by atoms with E-state index in [-0.39, 0.29) is 10.8 Å². The van der Waals surface area contributed by atoms with Crippen molar-refractivity contribution in [3.63, 3.8) is 0 Å². The minimum atomic E-state index is -0.627. The van der Waals surface area contributed by atoms with Gasteiger partial charge >= 0.3 is 5.97 Å². The fourth-order valence-corrected chi connectivity index (χ4v) is 4.82. The Bertz CT molecular complexity index is 394. The quantitative estimate of drug-likeness (QED) is 0.737. The van der Waals surface area contributed by atoms with Gasteiger partial charge in [0.2, 0.25) is 0 Å². The molecule has 0 amide bonds. The average Bonchev–Trinajstić information content (AvgIpc) is 2.28. The highest BCUT2D eigenvalue weighted by molar-refractivity contribution is 5.67. The van der Waals surface area contributed by atoms with Crippen LogP contribution in [0.4, 0.5) is 0 Å². The number of aliphatic carboxylic acids is 1. The van der Waals surface area contributed by atoms with E-state index in [1.54, 1.807) is 0 Å². The van der Waals surface area contributed by atoms with E-state index in [0.717, 1.165) is 12.8 Å². The van der Waals surface area contributed by atoms with Crippen molar-refractivity contribution in [2.24, 2.45) is 22.7 Å². The number of hydrogen-bond donors (Lipinski definition) is 1. The van der Waals surface area contributed by atoms with E-state index in [1.807, 2.05) is 0 Å². The van der Waals surface area contributed by atoms with Gasteiger partial charge in [0, 0.05) is 6.42 Å². The molecule has 108 valence electrons. The van der Waals surface area contributed by atoms with Crippen molar-refractivity contribution in [1.29, 1.82) is 0 Å². The van der Waals surface area contributed by atoms with Gasteiger partial charge in [0.1, 0.15) is 0 Å². The highest BCUT2D eigenvalue weighted by Gasteiger charge is 2.52. The molecule has 1 fully saturated rings. The maximum Gasteiger partial charge on any atom is 0.303 e. The highest BCUT2D eigenvalue weighted by Crippen LogP contribution is 2.60. The predicted octanol–water partition coefficient (Wildman–Crippen LogP) is 4.65. The van der Waals surface area contributed by atoms with Crippen LogP contribution in [0.3, 0.4) is 0 Å². The molecule has 3 atom stereocenters. The van der Waals surface area contributed by atoms with E-state index in [1.165, 1.54) is 24.8 Å². The second-order valence-electron chi connectivity index (χ2n) is 7.59. The summed E-state index contributed by atoms with van der Waals surface area (Å²) in [5.41, 5.74) is 1.86. The summed E-state index contributed by atoms with van der Waals surface area (Å²) in [6, 6.07) is 0. The van der Waals surface area contributed by atoms with Crippen LogP contribution in [0.1, 0.15) is 66.2 Å². The molecular weight excluding hydrogens is 236 g/mol. The Morgan fingerprint density at radius 3 is 2.68 bits per heavy atom. The summed E-state index contributed by atoms with van der Waals surface area (Å²) in [4.78, 5) is 11.3. The Morgan fingerprint density at radius 1 is 1.42 bits per heavy atom. The molecule has 0 radical (unpaired) electrons. The Hall–Kier alpha value is -0.790. The number of carboxylic acids is 1. The van der Waals surface area contributed by atoms with Crippen LogP contribution in [-0.2, 0) is 4.79 Å². The second-order valence-corrected chi connectivity index (χ2v) is 7.59. The lowest BCUT2D eigenvalue weighted by Gasteiger charge is -2.56. The summed E-state index contributed by atoms with van der Waals surface area (Å²) in [6.45, 7) is 9.11. The number of hydrogen-bond acceptors (Lipinski definition) is 1. The van der Waals surface area contributed by atoms with Gasteiger partial charge in [-0.3, -0.25) is 4.79 Å². The summed E-state index contributed by atoms with van der Waals surface area (Å²) >= 11 is 0. The maximum absolute atomic E-state index is 11.3. The first-order chi connectivity index (χ1) is 8.78. The molecule has 0 heterocycles. The summed E-state index contributed by atoms with van der Waals surface area (Å²) in [5, 5.41) is 9.33. The molecule has 0 bridgehead atoms. The van der Waals surface area contributed by atoms with Crippen molar-refractivity contribution >= 4 is 5.97 Å². The van der Waals surface area contributed by atoms with E-state index in [4.69, 9.17) is 0 Å². The van der Waals surface area contributed by atoms with Crippen molar-refractivity contribution in [2.75, 3.05) is 0 Å². The summed E-state index contributed by atoms with van der Waals surface area (Å²) in [6.07, 6.45) is 8.57. The second kappa shape index (κ2) is 4.96. The lowest BCUT2D eigenvalue weighted by atomic mass is 9.48. The molecule has 19 heavy (non-hydrogen) atoms. The molecule has 2 aliphatic carbocycles. The van der Waals surface area contributed by atoms with Crippen molar-refractivity contribution in [3.05, 3.63) is 11.6 Å². The van der Waals surface area contributed by atoms with Crippen LogP contribution >= 0.6 is 0 Å². The average molecular weight is 264 g/mol. The molecule has 1 saturated carbocycles. The zero-order valence-electron chi connectivity index (χ0n) is 12.8. The Kier molecular flexibility index (Phi) is 3.81. The van der Waals surface area contributed by atoms with Crippen LogP contribution in [0.15, 0.2) is 11.6 Å². The van der Waals surface area contributed by atoms with Gasteiger partial charge in [-0.1, -0.05) is 38.8 Å². The molecule has 1 N–H and O–H groups in total. The molecule has 0 aromatic carbocycles. The summed E-state index contributed by atoms with van der Waals surface area (Å²) < 4.78 is 0. The van der Waals surface area contributed by atoms with Gasteiger partial charge in [0.25, 0.3) is 0 Å². The summed E-state index contributed by atoms with van der Waals surface area (Å²) in [7, 11) is 0. The topological polar surface area (TPSA) is 37.3 Å².